The zero-order valence-electron chi connectivity index (χ0n) is 63.9. The SMILES string of the molecule is CC(C)(C)OC(=O)CCCOc1ccc(I)cc1.CC/C(B1OC(C)(C)C(C)(C)O1)=C(/B1OC(C)(C)C(C)(C)O1)c1ccc2c(c1)c(F)nn2C1CCCCO1.CC/C(B1OC(C)(C)C(C)(C)O1)=C(/c1ccc(OCCCC(=O)OC(C)(C)C)cc1)c1ccc2c(c1)c(F)nn2C1CCCCO1. The molecule has 0 aliphatic carbocycles. The van der Waals surface area contributed by atoms with Gasteiger partial charge in [-0.2, -0.15) is 8.78 Å². The van der Waals surface area contributed by atoms with Crippen LogP contribution in [0.3, 0.4) is 0 Å². The second-order valence-electron chi connectivity index (χ2n) is 31.9. The number of hydrogen-bond donors (Lipinski definition) is 0. The van der Waals surface area contributed by atoms with Crippen LogP contribution >= 0.6 is 22.6 Å². The predicted molar refractivity (Wildman–Crippen MR) is 406 cm³/mol. The highest BCUT2D eigenvalue weighted by atomic mass is 127. The van der Waals surface area contributed by atoms with Gasteiger partial charge in [0.05, 0.1) is 68.6 Å². The van der Waals surface area contributed by atoms with E-state index < -0.39 is 78.1 Å². The Labute approximate surface area is 618 Å². The molecule has 5 fully saturated rings. The Morgan fingerprint density at radius 3 is 1.25 bits per heavy atom. The van der Waals surface area contributed by atoms with Crippen LogP contribution in [0.25, 0.3) is 32.9 Å². The smallest absolute Gasteiger partial charge is 0.494 e. The van der Waals surface area contributed by atoms with Crippen molar-refractivity contribution in [3.8, 4) is 11.5 Å². The van der Waals surface area contributed by atoms with E-state index in [0.717, 1.165) is 83.0 Å². The molecule has 2 aromatic heterocycles. The van der Waals surface area contributed by atoms with Crippen molar-refractivity contribution >= 4 is 88.7 Å². The molecule has 6 aromatic rings. The molecule has 102 heavy (non-hydrogen) atoms. The van der Waals surface area contributed by atoms with Gasteiger partial charge in [-0.3, -0.25) is 9.59 Å². The molecular formula is C78H108B3F2IN4O14. The summed E-state index contributed by atoms with van der Waals surface area (Å²) in [4.78, 5) is 23.5. The number of esters is 2. The molecule has 0 amide bonds. The number of hydrogen-bond acceptors (Lipinski definition) is 16. The maximum atomic E-state index is 15.4. The number of carbonyl (C=O) groups is 2. The number of rotatable bonds is 20. The van der Waals surface area contributed by atoms with Crippen LogP contribution in [0.2, 0.25) is 0 Å². The summed E-state index contributed by atoms with van der Waals surface area (Å²) >= 11 is 2.25. The Hall–Kier alpha value is -5.70. The van der Waals surface area contributed by atoms with Crippen LogP contribution in [0.1, 0.15) is 245 Å². The minimum atomic E-state index is -0.675. The van der Waals surface area contributed by atoms with Crippen molar-refractivity contribution in [3.63, 3.8) is 0 Å². The molecule has 0 spiro atoms. The summed E-state index contributed by atoms with van der Waals surface area (Å²) in [6, 6.07) is 27.2. The normalized spacial score (nSPS) is 21.0. The standard InChI is InChI=1S/C36H48BFN2O6.C28H41B2FN2O5.C14H19IO3/c1-9-28(37-45-35(5,6)36(7,8)46-37)32(24-15-18-26(19-16-24)42-22-12-14-31(41)44-34(2,3)4)25-17-20-29-27(23-25)33(38)39-40(29)30-13-10-11-21-43-30;1-10-20(29-35-25(2,3)26(4,5)36-29)23(30-37-27(6,7)28(8,9)38-30)18-14-15-21-19(17-18)24(31)32-33(21)22-13-11-12-16-34-22;1-14(2,3)18-13(16)5-4-10-17-12-8-6-11(15)7-9-12/h15-20,23,30H,9-14,21-22H2,1-8H3;14-15,17,22H,10-13,16H2,1-9H3;6-9H,4-5,10H2,1-3H3/b32-28+;23-20-;. The summed E-state index contributed by atoms with van der Waals surface area (Å²) in [5, 5.41) is 9.37. The minimum absolute atomic E-state index is 0.172. The van der Waals surface area contributed by atoms with Gasteiger partial charge in [0.1, 0.15) is 22.7 Å². The van der Waals surface area contributed by atoms with Crippen molar-refractivity contribution in [1.29, 1.82) is 0 Å². The first-order chi connectivity index (χ1) is 47.7. The van der Waals surface area contributed by atoms with Gasteiger partial charge in [-0.05, 0) is 311 Å². The molecule has 0 bridgehead atoms. The molecule has 554 valence electrons. The second-order valence-corrected chi connectivity index (χ2v) is 33.2. The monoisotopic (exact) mass is 1520 g/mol. The van der Waals surface area contributed by atoms with E-state index in [4.69, 9.17) is 56.3 Å². The molecule has 11 rings (SSSR count). The largest absolute Gasteiger partial charge is 0.494 e. The van der Waals surface area contributed by atoms with E-state index in [-0.39, 0.29) is 24.4 Å². The van der Waals surface area contributed by atoms with E-state index in [9.17, 15) is 9.59 Å². The second kappa shape index (κ2) is 32.6. The van der Waals surface area contributed by atoms with Crippen molar-refractivity contribution in [2.24, 2.45) is 0 Å². The maximum absolute atomic E-state index is 15.4. The molecule has 0 N–H and O–H groups in total. The van der Waals surface area contributed by atoms with Crippen molar-refractivity contribution < 1.29 is 74.7 Å². The summed E-state index contributed by atoms with van der Waals surface area (Å²) in [5.74, 6) is 0.0814. The van der Waals surface area contributed by atoms with Crippen LogP contribution in [0.5, 0.6) is 11.5 Å². The fourth-order valence-electron chi connectivity index (χ4n) is 12.5. The molecular weight excluding hydrogens is 1410 g/mol. The van der Waals surface area contributed by atoms with Gasteiger partial charge in [-0.25, -0.2) is 9.36 Å². The van der Waals surface area contributed by atoms with Crippen molar-refractivity contribution in [2.45, 2.75) is 273 Å². The molecule has 24 heteroatoms. The van der Waals surface area contributed by atoms with E-state index in [1.807, 2.05) is 210 Å². The summed E-state index contributed by atoms with van der Waals surface area (Å²) in [6.45, 7) is 42.0. The Balaban J connectivity index is 0.000000194. The average Bonchev–Trinajstić information content (AvgIpc) is 1.59. The molecule has 2 unspecified atom stereocenters. The first-order valence-electron chi connectivity index (χ1n) is 36.4. The van der Waals surface area contributed by atoms with Crippen LogP contribution in [-0.4, -0.2) is 124 Å². The predicted octanol–water partition coefficient (Wildman–Crippen LogP) is 18.3. The molecule has 2 atom stereocenters. The Morgan fingerprint density at radius 1 is 0.510 bits per heavy atom. The van der Waals surface area contributed by atoms with E-state index in [1.54, 1.807) is 9.36 Å². The lowest BCUT2D eigenvalue weighted by molar-refractivity contribution is -0.156. The lowest BCUT2D eigenvalue weighted by Crippen LogP contribution is -2.41. The van der Waals surface area contributed by atoms with Crippen LogP contribution < -0.4 is 9.47 Å². The molecule has 4 aromatic carbocycles. The number of nitrogens with zero attached hydrogens (tertiary/aromatic N) is 4. The lowest BCUT2D eigenvalue weighted by atomic mass is 9.61. The quantitative estimate of drug-likeness (QED) is 0.0304. The number of benzene rings is 4. The number of allylic oxidation sites excluding steroid dienone is 2. The number of aromatic nitrogens is 4. The maximum Gasteiger partial charge on any atom is 0.494 e. The first-order valence-corrected chi connectivity index (χ1v) is 37.5. The van der Waals surface area contributed by atoms with Gasteiger partial charge in [0.25, 0.3) is 0 Å². The zero-order valence-corrected chi connectivity index (χ0v) is 66.1. The molecule has 7 heterocycles. The van der Waals surface area contributed by atoms with Gasteiger partial charge in [0.2, 0.25) is 11.9 Å². The summed E-state index contributed by atoms with van der Waals surface area (Å²) in [6.07, 6.45) is 8.38. The topological polar surface area (TPSA) is 181 Å². The van der Waals surface area contributed by atoms with Gasteiger partial charge >= 0.3 is 33.3 Å². The van der Waals surface area contributed by atoms with Crippen molar-refractivity contribution in [1.82, 2.24) is 19.6 Å². The molecule has 0 saturated carbocycles. The number of fused-ring (bicyclic) bond motifs is 2. The van der Waals surface area contributed by atoms with Crippen LogP contribution in [-0.2, 0) is 56.5 Å². The first kappa shape index (κ1) is 80.4. The highest BCUT2D eigenvalue weighted by Crippen LogP contribution is 2.47. The lowest BCUT2D eigenvalue weighted by Gasteiger charge is -2.32. The van der Waals surface area contributed by atoms with Gasteiger partial charge in [0.15, 0.2) is 12.5 Å². The average molecular weight is 1520 g/mol. The van der Waals surface area contributed by atoms with Crippen LogP contribution in [0.15, 0.2) is 95.9 Å². The Bertz CT molecular complexity index is 3890. The Morgan fingerprint density at radius 2 is 0.873 bits per heavy atom. The van der Waals surface area contributed by atoms with Gasteiger partial charge in [-0.1, -0.05) is 38.1 Å². The summed E-state index contributed by atoms with van der Waals surface area (Å²) < 4.78 is 108. The fourth-order valence-corrected chi connectivity index (χ4v) is 12.9. The summed E-state index contributed by atoms with van der Waals surface area (Å²) in [7, 11) is -1.84. The van der Waals surface area contributed by atoms with E-state index >= 15 is 8.78 Å². The van der Waals surface area contributed by atoms with Gasteiger partial charge in [-0.15, -0.1) is 10.2 Å². The van der Waals surface area contributed by atoms with Crippen molar-refractivity contribution in [2.75, 3.05) is 26.4 Å². The molecule has 18 nitrogen and oxygen atoms in total. The van der Waals surface area contributed by atoms with Gasteiger partial charge < -0.3 is 56.3 Å². The van der Waals surface area contributed by atoms with Crippen molar-refractivity contribution in [3.05, 3.63) is 128 Å². The molecule has 0 radical (unpaired) electrons. The third kappa shape index (κ3) is 19.5. The summed E-state index contributed by atoms with van der Waals surface area (Å²) in [5.41, 5.74) is 3.55. The molecule has 5 aliphatic heterocycles. The fraction of sp³-hybridized carbons (Fsp3) is 0.590. The minimum Gasteiger partial charge on any atom is -0.494 e. The van der Waals surface area contributed by atoms with E-state index in [2.05, 4.69) is 46.6 Å². The van der Waals surface area contributed by atoms with E-state index in [1.165, 1.54) is 3.57 Å². The third-order valence-electron chi connectivity index (χ3n) is 20.2. The van der Waals surface area contributed by atoms with Crippen LogP contribution in [0.4, 0.5) is 8.78 Å². The molecule has 5 saturated heterocycles. The number of carbonyl (C=O) groups excluding carboxylic acids is 2. The third-order valence-corrected chi connectivity index (χ3v) is 20.9. The molecule has 5 aliphatic rings. The highest BCUT2D eigenvalue weighted by Gasteiger charge is 2.57. The Kier molecular flexibility index (Phi) is 25.7. The van der Waals surface area contributed by atoms with Gasteiger partial charge in [0, 0.05) is 29.6 Å². The van der Waals surface area contributed by atoms with Crippen LogP contribution in [0, 0.1) is 15.5 Å². The number of halogens is 3. The van der Waals surface area contributed by atoms with E-state index in [0.29, 0.717) is 92.5 Å². The zero-order chi connectivity index (χ0) is 74.5. The highest BCUT2D eigenvalue weighted by molar-refractivity contribution is 14.1. The number of ether oxygens (including phenoxy) is 6.